The van der Waals surface area contributed by atoms with E-state index in [1.54, 1.807) is 44.2 Å². The summed E-state index contributed by atoms with van der Waals surface area (Å²) in [5, 5.41) is 63.0. The predicted octanol–water partition coefficient (Wildman–Crippen LogP) is -7.20. The van der Waals surface area contributed by atoms with E-state index in [1.165, 1.54) is 54.1 Å². The number of nitrogens with zero attached hydrogens (tertiary/aromatic N) is 2. The highest BCUT2D eigenvalue weighted by molar-refractivity contribution is 7.80. The summed E-state index contributed by atoms with van der Waals surface area (Å²) in [7, 11) is 0. The van der Waals surface area contributed by atoms with E-state index >= 15 is 0 Å². The molecule has 0 aliphatic carbocycles. The summed E-state index contributed by atoms with van der Waals surface area (Å²) in [5.41, 5.74) is 35.1. The van der Waals surface area contributed by atoms with Gasteiger partial charge in [0.1, 0.15) is 78.5 Å². The van der Waals surface area contributed by atoms with E-state index < -0.39 is 222 Å². The number of thiol groups is 1. The van der Waals surface area contributed by atoms with Crippen molar-refractivity contribution in [1.29, 1.82) is 0 Å². The fourth-order valence-electron chi connectivity index (χ4n) is 10.7. The molecule has 110 heavy (non-hydrogen) atoms. The molecule has 1 aromatic carbocycles. The third-order valence-electron chi connectivity index (χ3n) is 17.2. The van der Waals surface area contributed by atoms with Gasteiger partial charge in [0.15, 0.2) is 5.96 Å². The number of guanidine groups is 1. The fourth-order valence-corrected chi connectivity index (χ4v) is 10.9. The van der Waals surface area contributed by atoms with Crippen LogP contribution >= 0.6 is 12.6 Å². The maximum atomic E-state index is 14.4. The summed E-state index contributed by atoms with van der Waals surface area (Å²) in [4.78, 5) is 216. The first-order valence-corrected chi connectivity index (χ1v) is 37.0. The van der Waals surface area contributed by atoms with Gasteiger partial charge in [0.2, 0.25) is 82.7 Å². The zero-order valence-electron chi connectivity index (χ0n) is 63.7. The van der Waals surface area contributed by atoms with Crippen LogP contribution in [0.15, 0.2) is 47.8 Å². The molecule has 0 aliphatic heterocycles. The highest BCUT2D eigenvalue weighted by Crippen LogP contribution is 2.14. The zero-order valence-corrected chi connectivity index (χ0v) is 64.6. The minimum atomic E-state index is -1.76. The van der Waals surface area contributed by atoms with Crippen molar-refractivity contribution in [2.24, 2.45) is 57.1 Å². The summed E-state index contributed by atoms with van der Waals surface area (Å²) >= 11 is 4.27. The number of hydrogen-bond acceptors (Lipinski definition) is 23. The van der Waals surface area contributed by atoms with Gasteiger partial charge in [-0.05, 0) is 109 Å². The summed E-state index contributed by atoms with van der Waals surface area (Å²) in [6.07, 6.45) is 1.63. The standard InChI is InChI=1S/C69H116N22O18S/c1-34(2)51(90-65(105)52(35(3)4)88-59(99)44(22-17-27-77-69(74)75)82-62(102)48(31-92)86-55(95)37(7)79-60(100)46(28-40-18-11-10-12-19-40)84-56(96)42(72)20-13-15-25-70)64(104)83-45(23-24-50(73)94)58(98)81-43(21-14-16-26-71)57(97)87-49(32-110)63(103)89-53(36(5)6)66(106)91-54(39(9)93)67(107)85-47(29-41-30-76-33-78-41)61(101)80-38(8)68(108)109/h10-12,18-19,30,33-39,42-49,51-54,92-93,110H,13-17,20-29,31-32,70-72H2,1-9H3,(H2,73,94)(H,76,78)(H,79,100)(H,80,101)(H,81,98)(H,82,102)(H,83,104)(H,84,96)(H,85,107)(H,86,95)(H,87,97)(H,88,99)(H,89,103)(H,90,105)(H,91,106)(H,108,109)(H4,74,75,77)/t37-,38-,39+,42-,43-,44-,45-,46-,47-,48-,49-,51-,52-,53-,54-/m0/s1. The lowest BCUT2D eigenvalue weighted by Gasteiger charge is -2.30. The number of rotatable bonds is 52. The number of nitrogens with two attached hydrogens (primary N) is 6. The van der Waals surface area contributed by atoms with Crippen LogP contribution in [0.5, 0.6) is 0 Å². The lowest BCUT2D eigenvalue weighted by molar-refractivity contribution is -0.142. The first-order chi connectivity index (χ1) is 51.8. The number of aromatic nitrogens is 2. The number of aliphatic hydroxyl groups excluding tert-OH is 2. The Labute approximate surface area is 644 Å². The highest BCUT2D eigenvalue weighted by Gasteiger charge is 2.39. The van der Waals surface area contributed by atoms with E-state index in [9.17, 15) is 87.2 Å². The van der Waals surface area contributed by atoms with Crippen molar-refractivity contribution in [3.8, 4) is 0 Å². The van der Waals surface area contributed by atoms with Crippen LogP contribution in [0.2, 0.25) is 0 Å². The van der Waals surface area contributed by atoms with Gasteiger partial charge >= 0.3 is 5.97 Å². The molecule has 0 saturated heterocycles. The molecule has 2 rings (SSSR count). The molecule has 0 saturated carbocycles. The van der Waals surface area contributed by atoms with Crippen molar-refractivity contribution in [2.45, 2.75) is 230 Å². The van der Waals surface area contributed by atoms with Crippen molar-refractivity contribution < 1.29 is 87.2 Å². The van der Waals surface area contributed by atoms with Crippen molar-refractivity contribution in [2.75, 3.05) is 32.0 Å². The number of primary amides is 1. The van der Waals surface area contributed by atoms with E-state index in [1.807, 2.05) is 0 Å². The molecule has 1 aromatic heterocycles. The van der Waals surface area contributed by atoms with Gasteiger partial charge in [-0.25, -0.2) is 4.98 Å². The number of H-pyrrole nitrogens is 1. The Balaban J connectivity index is 2.38. The van der Waals surface area contributed by atoms with Gasteiger partial charge < -0.3 is 124 Å². The second-order valence-electron chi connectivity index (χ2n) is 27.6. The van der Waals surface area contributed by atoms with Crippen molar-refractivity contribution in [1.82, 2.24) is 79.1 Å². The van der Waals surface area contributed by atoms with Gasteiger partial charge in [0.05, 0.1) is 25.1 Å². The number of nitrogens with one attached hydrogen (secondary N) is 14. The molecule has 29 N–H and O–H groups in total. The minimum absolute atomic E-state index is 0.00404. The molecule has 15 atom stereocenters. The molecule has 14 amide bonds. The van der Waals surface area contributed by atoms with Gasteiger partial charge in [-0.3, -0.25) is 76.9 Å². The highest BCUT2D eigenvalue weighted by atomic mass is 32.1. The largest absolute Gasteiger partial charge is 0.480 e. The molecule has 0 unspecified atom stereocenters. The molecule has 0 radical (unpaired) electrons. The number of unbranched alkanes of at least 4 members (excludes halogenated alkanes) is 2. The number of aliphatic imine (C=N–C) groups is 1. The van der Waals surface area contributed by atoms with E-state index in [2.05, 4.69) is 96.7 Å². The molecule has 0 aliphatic rings. The number of aliphatic hydroxyl groups is 2. The summed E-state index contributed by atoms with van der Waals surface area (Å²) < 4.78 is 0. The molecular formula is C69H116N22O18S. The molecule has 2 aromatic rings. The molecular weight excluding hydrogens is 1460 g/mol. The summed E-state index contributed by atoms with van der Waals surface area (Å²) in [6.45, 7) is 12.4. The number of carboxylic acids is 1. The molecule has 1 heterocycles. The Bertz CT molecular complexity index is 3390. The van der Waals surface area contributed by atoms with E-state index in [0.717, 1.165) is 6.92 Å². The van der Waals surface area contributed by atoms with Crippen LogP contribution in [0.25, 0.3) is 0 Å². The molecule has 0 bridgehead atoms. The third-order valence-corrected chi connectivity index (χ3v) is 17.6. The molecule has 0 spiro atoms. The Morgan fingerprint density at radius 2 is 0.864 bits per heavy atom. The van der Waals surface area contributed by atoms with Gasteiger partial charge in [0, 0.05) is 43.5 Å². The number of amides is 14. The van der Waals surface area contributed by atoms with Crippen LogP contribution in [0.1, 0.15) is 138 Å². The number of benzene rings is 1. The second-order valence-corrected chi connectivity index (χ2v) is 28.0. The second kappa shape index (κ2) is 49.8. The molecule has 0 fully saturated rings. The normalized spacial score (nSPS) is 15.3. The first kappa shape index (κ1) is 96.0. The number of carbonyl (C=O) groups is 15. The number of carbonyl (C=O) groups excluding carboxylic acids is 14. The van der Waals surface area contributed by atoms with E-state index in [4.69, 9.17) is 34.4 Å². The van der Waals surface area contributed by atoms with Crippen LogP contribution in [0.3, 0.4) is 0 Å². The lowest BCUT2D eigenvalue weighted by atomic mass is 9.98. The zero-order chi connectivity index (χ0) is 83.1. The van der Waals surface area contributed by atoms with E-state index in [0.29, 0.717) is 43.5 Å². The number of imidazole rings is 1. The molecule has 616 valence electrons. The fraction of sp³-hybridized carbons (Fsp3) is 0.638. The lowest BCUT2D eigenvalue weighted by Crippen LogP contribution is -2.63. The number of aliphatic carboxylic acids is 1. The quantitative estimate of drug-likeness (QED) is 0.0127. The van der Waals surface area contributed by atoms with Crippen LogP contribution in [-0.2, 0) is 84.8 Å². The van der Waals surface area contributed by atoms with Gasteiger partial charge in [-0.15, -0.1) is 0 Å². The average Bonchev–Trinajstić information content (AvgIpc) is 1.21. The van der Waals surface area contributed by atoms with Crippen LogP contribution in [0.4, 0.5) is 0 Å². The smallest absolute Gasteiger partial charge is 0.325 e. The maximum absolute atomic E-state index is 14.4. The average molecular weight is 1570 g/mol. The monoisotopic (exact) mass is 1570 g/mol. The minimum Gasteiger partial charge on any atom is -0.480 e. The Kier molecular flexibility index (Phi) is 43.5. The van der Waals surface area contributed by atoms with Crippen LogP contribution in [-0.4, -0.2) is 243 Å². The maximum Gasteiger partial charge on any atom is 0.325 e. The Morgan fingerprint density at radius 1 is 0.464 bits per heavy atom. The Morgan fingerprint density at radius 3 is 1.34 bits per heavy atom. The van der Waals surface area contributed by atoms with Crippen molar-refractivity contribution in [3.05, 3.63) is 54.1 Å². The number of aromatic amines is 1. The van der Waals surface area contributed by atoms with E-state index in [-0.39, 0.29) is 57.6 Å². The summed E-state index contributed by atoms with van der Waals surface area (Å²) in [6, 6.07) is -11.8. The Hall–Kier alpha value is -10.1. The van der Waals surface area contributed by atoms with Gasteiger partial charge in [-0.2, -0.15) is 12.6 Å². The number of hydrogen-bond donors (Lipinski definition) is 24. The van der Waals surface area contributed by atoms with Crippen molar-refractivity contribution >= 4 is 107 Å². The van der Waals surface area contributed by atoms with Gasteiger partial charge in [-0.1, -0.05) is 78.3 Å². The van der Waals surface area contributed by atoms with Crippen molar-refractivity contribution in [3.63, 3.8) is 0 Å². The van der Waals surface area contributed by atoms with Crippen LogP contribution < -0.4 is 104 Å². The third kappa shape index (κ3) is 34.6. The molecule has 41 heteroatoms. The SMILES string of the molecule is CC(C)[C@H](NC(=O)[C@H](CCCN=C(N)N)NC(=O)[C@H](CO)NC(=O)[C@H](C)NC(=O)[C@H](Cc1ccccc1)NC(=O)[C@@H](N)CCCCN)C(=O)N[C@H](C(=O)N[C@@H](CCC(N)=O)C(=O)N[C@@H](CCCCN)C(=O)N[C@@H](CS)C(=O)N[C@H](C(=O)N[C@H](C(=O)N[C@@H](Cc1cnc[nH]1)C(=O)N[C@@H](C)C(=O)O)[C@@H](C)O)C(C)C)C(C)C. The van der Waals surface area contributed by atoms with Gasteiger partial charge in [0.25, 0.3) is 0 Å². The number of carboxylic acid groups (broad SMARTS) is 1. The first-order valence-electron chi connectivity index (χ1n) is 36.4. The van der Waals surface area contributed by atoms with Crippen LogP contribution in [0, 0.1) is 17.8 Å². The predicted molar refractivity (Wildman–Crippen MR) is 406 cm³/mol. The topological polar surface area (TPSA) is 670 Å². The summed E-state index contributed by atoms with van der Waals surface area (Å²) in [5.74, 6) is -17.5. The molecule has 40 nitrogen and oxygen atoms in total.